The number of para-hydroxylation sites is 2. The Morgan fingerprint density at radius 1 is 1.04 bits per heavy atom. The van der Waals surface area contributed by atoms with E-state index < -0.39 is 0 Å². The predicted octanol–water partition coefficient (Wildman–Crippen LogP) is 3.50. The third kappa shape index (κ3) is 2.63. The third-order valence-corrected chi connectivity index (χ3v) is 8.39. The first-order valence-corrected chi connectivity index (χ1v) is 10.9. The summed E-state index contributed by atoms with van der Waals surface area (Å²) in [6, 6.07) is 17.1. The molecule has 1 aliphatic carbocycles. The van der Waals surface area contributed by atoms with Crippen LogP contribution >= 0.6 is 0 Å². The van der Waals surface area contributed by atoms with E-state index in [9.17, 15) is 5.11 Å². The molecule has 5 rings (SSSR count). The van der Waals surface area contributed by atoms with Gasteiger partial charge >= 0.3 is 0 Å². The molecule has 0 amide bonds. The number of aliphatic hydroxyl groups is 1. The second-order valence-electron chi connectivity index (χ2n) is 10.2. The number of hydrogen-bond donors (Lipinski definition) is 2. The summed E-state index contributed by atoms with van der Waals surface area (Å²) in [5, 5.41) is 13.6. The molecule has 4 atom stereocenters. The minimum absolute atomic E-state index is 0.321. The van der Waals surface area contributed by atoms with Crippen molar-refractivity contribution < 1.29 is 10.0 Å². The topological polar surface area (TPSA) is 29.6 Å². The fourth-order valence-electron chi connectivity index (χ4n) is 6.28. The van der Waals surface area contributed by atoms with Gasteiger partial charge in [0.1, 0.15) is 12.6 Å². The Morgan fingerprint density at radius 3 is 2.25 bits per heavy atom. The minimum atomic E-state index is -0.321. The van der Waals surface area contributed by atoms with Crippen LogP contribution < -0.4 is 4.90 Å². The highest BCUT2D eigenvalue weighted by Gasteiger charge is 2.57. The Hall–Kier alpha value is -1.84. The molecular formula is C25H33N2O+. The number of likely N-dealkylation sites (tertiary alicyclic amines) is 1. The van der Waals surface area contributed by atoms with Crippen LogP contribution in [0.2, 0.25) is 0 Å². The maximum Gasteiger partial charge on any atom is 0.121 e. The van der Waals surface area contributed by atoms with Crippen molar-refractivity contribution in [3.8, 4) is 0 Å². The van der Waals surface area contributed by atoms with Gasteiger partial charge in [-0.25, -0.2) is 0 Å². The number of rotatable bonds is 4. The molecule has 1 aliphatic heterocycles. The number of quaternary nitrogens is 1. The van der Waals surface area contributed by atoms with Crippen molar-refractivity contribution in [3.05, 3.63) is 48.5 Å². The molecule has 148 valence electrons. The van der Waals surface area contributed by atoms with Gasteiger partial charge in [0.15, 0.2) is 0 Å². The molecule has 1 unspecified atom stereocenters. The van der Waals surface area contributed by atoms with E-state index in [1.807, 2.05) is 0 Å². The van der Waals surface area contributed by atoms with E-state index in [0.29, 0.717) is 17.4 Å². The molecule has 1 saturated heterocycles. The van der Waals surface area contributed by atoms with Crippen molar-refractivity contribution in [2.75, 3.05) is 19.6 Å². The molecule has 2 N–H and O–H groups in total. The van der Waals surface area contributed by atoms with Crippen molar-refractivity contribution in [1.29, 1.82) is 0 Å². The Morgan fingerprint density at radius 2 is 1.64 bits per heavy atom. The first kappa shape index (κ1) is 18.2. The van der Waals surface area contributed by atoms with Crippen LogP contribution in [0.4, 0.5) is 0 Å². The Balaban J connectivity index is 1.39. The first-order chi connectivity index (χ1) is 13.4. The van der Waals surface area contributed by atoms with Crippen molar-refractivity contribution in [1.82, 2.24) is 4.57 Å². The van der Waals surface area contributed by atoms with Crippen LogP contribution in [0.1, 0.15) is 33.6 Å². The number of benzene rings is 2. The molecule has 3 aromatic rings. The second-order valence-corrected chi connectivity index (χ2v) is 10.2. The number of piperidine rings is 1. The summed E-state index contributed by atoms with van der Waals surface area (Å²) < 4.78 is 2.32. The summed E-state index contributed by atoms with van der Waals surface area (Å²) in [4.78, 5) is 1.59. The van der Waals surface area contributed by atoms with Gasteiger partial charge < -0.3 is 14.6 Å². The molecular weight excluding hydrogens is 344 g/mol. The number of aliphatic hydroxyl groups excluding tert-OH is 1. The number of fused-ring (bicyclic) bond motifs is 5. The minimum Gasteiger partial charge on any atom is -0.385 e. The van der Waals surface area contributed by atoms with Gasteiger partial charge in [0, 0.05) is 33.1 Å². The largest absolute Gasteiger partial charge is 0.385 e. The predicted molar refractivity (Wildman–Crippen MR) is 116 cm³/mol. The van der Waals surface area contributed by atoms with E-state index in [2.05, 4.69) is 73.9 Å². The highest BCUT2D eigenvalue weighted by molar-refractivity contribution is 6.07. The molecule has 28 heavy (non-hydrogen) atoms. The second kappa shape index (κ2) is 6.33. The number of nitrogens with zero attached hydrogens (tertiary/aromatic N) is 1. The standard InChI is InChI=1S/C25H32N2O/c1-24(2)18-12-13-25(24,3)17-26(14-18)15-19(28)16-27-22-10-6-4-8-20(22)21-9-5-7-11-23(21)27/h4-11,18-19,28H,12-17H2,1-3H3/p+1/t18-,19+,25-/m1/s1. The van der Waals surface area contributed by atoms with Gasteiger partial charge in [0.05, 0.1) is 19.6 Å². The number of nitrogens with one attached hydrogen (secondary N) is 1. The van der Waals surface area contributed by atoms with Gasteiger partial charge in [-0.1, -0.05) is 57.2 Å². The molecule has 1 saturated carbocycles. The smallest absolute Gasteiger partial charge is 0.121 e. The monoisotopic (exact) mass is 377 g/mol. The molecule has 2 aliphatic rings. The van der Waals surface area contributed by atoms with Crippen molar-refractivity contribution in [3.63, 3.8) is 0 Å². The lowest BCUT2D eigenvalue weighted by Gasteiger charge is -2.48. The van der Waals surface area contributed by atoms with E-state index in [-0.39, 0.29) is 6.10 Å². The highest BCUT2D eigenvalue weighted by Crippen LogP contribution is 2.56. The van der Waals surface area contributed by atoms with Gasteiger partial charge in [0.2, 0.25) is 0 Å². The Bertz CT molecular complexity index is 966. The van der Waals surface area contributed by atoms with Crippen molar-refractivity contribution in [2.24, 2.45) is 16.7 Å². The van der Waals surface area contributed by atoms with Crippen LogP contribution in [0.3, 0.4) is 0 Å². The fraction of sp³-hybridized carbons (Fsp3) is 0.520. The van der Waals surface area contributed by atoms with Crippen molar-refractivity contribution in [2.45, 2.75) is 46.3 Å². The SMILES string of the molecule is CC1(C)[C@@H]2CC[C@]1(C)C[NH+](C[C@H](O)Cn1c3ccccc3c3ccccc31)C2. The van der Waals surface area contributed by atoms with Crippen LogP contribution in [-0.2, 0) is 6.54 Å². The average molecular weight is 378 g/mol. The molecule has 3 heteroatoms. The molecule has 0 spiro atoms. The zero-order valence-corrected chi connectivity index (χ0v) is 17.4. The van der Waals surface area contributed by atoms with E-state index in [1.54, 1.807) is 4.90 Å². The van der Waals surface area contributed by atoms with Crippen molar-refractivity contribution >= 4 is 21.8 Å². The van der Waals surface area contributed by atoms with Crippen LogP contribution in [0.5, 0.6) is 0 Å². The van der Waals surface area contributed by atoms with Gasteiger partial charge in [-0.05, 0) is 30.4 Å². The summed E-state index contributed by atoms with van der Waals surface area (Å²) in [6.07, 6.45) is 2.38. The molecule has 2 aromatic carbocycles. The van der Waals surface area contributed by atoms with Crippen LogP contribution in [0.25, 0.3) is 21.8 Å². The Labute approximate surface area is 168 Å². The average Bonchev–Trinajstić information content (AvgIpc) is 2.99. The summed E-state index contributed by atoms with van der Waals surface area (Å²) >= 11 is 0. The van der Waals surface area contributed by atoms with Gasteiger partial charge in [-0.15, -0.1) is 0 Å². The number of aromatic nitrogens is 1. The molecule has 2 bridgehead atoms. The number of hydrogen-bond acceptors (Lipinski definition) is 1. The van der Waals surface area contributed by atoms with E-state index in [1.165, 1.54) is 47.7 Å². The van der Waals surface area contributed by atoms with Gasteiger partial charge in [-0.2, -0.15) is 0 Å². The summed E-state index contributed by atoms with van der Waals surface area (Å²) in [7, 11) is 0. The quantitative estimate of drug-likeness (QED) is 0.716. The highest BCUT2D eigenvalue weighted by atomic mass is 16.3. The van der Waals surface area contributed by atoms with E-state index >= 15 is 0 Å². The van der Waals surface area contributed by atoms with Gasteiger partial charge in [-0.3, -0.25) is 0 Å². The normalized spacial score (nSPS) is 30.1. The third-order valence-electron chi connectivity index (χ3n) is 8.39. The molecule has 1 aromatic heterocycles. The lowest BCUT2D eigenvalue weighted by atomic mass is 9.63. The van der Waals surface area contributed by atoms with Crippen LogP contribution in [-0.4, -0.2) is 35.4 Å². The molecule has 2 heterocycles. The summed E-state index contributed by atoms with van der Waals surface area (Å²) in [5.41, 5.74) is 3.31. The molecule has 0 radical (unpaired) electrons. The summed E-state index contributed by atoms with van der Waals surface area (Å²) in [5.74, 6) is 0.793. The lowest BCUT2D eigenvalue weighted by Crippen LogP contribution is -3.16. The first-order valence-electron chi connectivity index (χ1n) is 10.9. The van der Waals surface area contributed by atoms with Crippen LogP contribution in [0.15, 0.2) is 48.5 Å². The zero-order chi connectivity index (χ0) is 19.5. The molecule has 2 fully saturated rings. The molecule has 3 nitrogen and oxygen atoms in total. The fourth-order valence-corrected chi connectivity index (χ4v) is 6.28. The zero-order valence-electron chi connectivity index (χ0n) is 17.4. The van der Waals surface area contributed by atoms with Gasteiger partial charge in [0.25, 0.3) is 0 Å². The van der Waals surface area contributed by atoms with E-state index in [0.717, 1.165) is 12.5 Å². The van der Waals surface area contributed by atoms with E-state index in [4.69, 9.17) is 0 Å². The maximum absolute atomic E-state index is 11.1. The summed E-state index contributed by atoms with van der Waals surface area (Å²) in [6.45, 7) is 11.3. The Kier molecular flexibility index (Phi) is 4.12. The maximum atomic E-state index is 11.1. The van der Waals surface area contributed by atoms with Crippen LogP contribution in [0, 0.1) is 16.7 Å². The lowest BCUT2D eigenvalue weighted by molar-refractivity contribution is -0.921.